The summed E-state index contributed by atoms with van der Waals surface area (Å²) in [4.78, 5) is 16.2. The first-order chi connectivity index (χ1) is 11.2. The van der Waals surface area contributed by atoms with Gasteiger partial charge in [-0.25, -0.2) is 10.8 Å². The van der Waals surface area contributed by atoms with E-state index < -0.39 is 5.91 Å². The van der Waals surface area contributed by atoms with Gasteiger partial charge in [0.1, 0.15) is 23.1 Å². The Morgan fingerprint density at radius 3 is 2.91 bits per heavy atom. The van der Waals surface area contributed by atoms with Gasteiger partial charge in [-0.2, -0.15) is 0 Å². The fourth-order valence-electron chi connectivity index (χ4n) is 2.05. The van der Waals surface area contributed by atoms with Crippen LogP contribution in [0, 0.1) is 6.92 Å². The SMILES string of the molecule is Cc1onc(C(=O)NN)c1-c1csc(COc2ccccc2)n1. The van der Waals surface area contributed by atoms with Crippen LogP contribution in [-0.4, -0.2) is 16.0 Å². The van der Waals surface area contributed by atoms with Gasteiger partial charge in [-0.15, -0.1) is 11.3 Å². The van der Waals surface area contributed by atoms with Crippen LogP contribution in [0.4, 0.5) is 0 Å². The van der Waals surface area contributed by atoms with E-state index in [1.165, 1.54) is 11.3 Å². The fraction of sp³-hybridized carbons (Fsp3) is 0.133. The van der Waals surface area contributed by atoms with E-state index in [1.807, 2.05) is 41.1 Å². The molecule has 7 nitrogen and oxygen atoms in total. The summed E-state index contributed by atoms with van der Waals surface area (Å²) in [6.45, 7) is 2.06. The molecular formula is C15H14N4O3S. The maximum absolute atomic E-state index is 11.7. The number of nitrogens with one attached hydrogen (secondary N) is 1. The number of aromatic nitrogens is 2. The van der Waals surface area contributed by atoms with E-state index in [1.54, 1.807) is 6.92 Å². The average Bonchev–Trinajstić information content (AvgIpc) is 3.19. The fourth-order valence-corrected chi connectivity index (χ4v) is 2.75. The molecule has 23 heavy (non-hydrogen) atoms. The van der Waals surface area contributed by atoms with E-state index in [9.17, 15) is 4.79 Å². The zero-order valence-corrected chi connectivity index (χ0v) is 13.1. The van der Waals surface area contributed by atoms with Crippen LogP contribution in [0.2, 0.25) is 0 Å². The molecule has 1 aromatic carbocycles. The highest BCUT2D eigenvalue weighted by atomic mass is 32.1. The number of aryl methyl sites for hydroxylation is 1. The van der Waals surface area contributed by atoms with Crippen LogP contribution in [0.15, 0.2) is 40.2 Å². The van der Waals surface area contributed by atoms with Gasteiger partial charge in [-0.3, -0.25) is 10.2 Å². The number of ether oxygens (including phenoxy) is 1. The first-order valence-corrected chi connectivity index (χ1v) is 7.67. The monoisotopic (exact) mass is 330 g/mol. The number of amides is 1. The van der Waals surface area contributed by atoms with Crippen molar-refractivity contribution in [1.29, 1.82) is 0 Å². The first-order valence-electron chi connectivity index (χ1n) is 6.79. The van der Waals surface area contributed by atoms with Crippen LogP contribution in [-0.2, 0) is 6.61 Å². The van der Waals surface area contributed by atoms with E-state index in [4.69, 9.17) is 15.1 Å². The second kappa shape index (κ2) is 6.59. The lowest BCUT2D eigenvalue weighted by Gasteiger charge is -2.02. The summed E-state index contributed by atoms with van der Waals surface area (Å²) in [6.07, 6.45) is 0. The van der Waals surface area contributed by atoms with E-state index in [0.29, 0.717) is 23.6 Å². The minimum atomic E-state index is -0.521. The quantitative estimate of drug-likeness (QED) is 0.423. The molecule has 0 fully saturated rings. The predicted molar refractivity (Wildman–Crippen MR) is 84.8 cm³/mol. The van der Waals surface area contributed by atoms with Gasteiger partial charge in [0.25, 0.3) is 5.91 Å². The number of hydrogen-bond acceptors (Lipinski definition) is 7. The molecule has 2 aromatic heterocycles. The minimum Gasteiger partial charge on any atom is -0.486 e. The molecule has 0 aliphatic heterocycles. The predicted octanol–water partition coefficient (Wildman–Crippen LogP) is 2.29. The molecular weight excluding hydrogens is 316 g/mol. The van der Waals surface area contributed by atoms with Crippen molar-refractivity contribution in [1.82, 2.24) is 15.6 Å². The van der Waals surface area contributed by atoms with Crippen molar-refractivity contribution >= 4 is 17.2 Å². The molecule has 3 aromatic rings. The van der Waals surface area contributed by atoms with E-state index >= 15 is 0 Å². The van der Waals surface area contributed by atoms with Crippen molar-refractivity contribution in [2.24, 2.45) is 5.84 Å². The maximum atomic E-state index is 11.7. The Hall–Kier alpha value is -2.71. The standard InChI is InChI=1S/C15H14N4O3S/c1-9-13(14(19-22-9)15(20)18-16)11-8-23-12(17-11)7-21-10-5-3-2-4-6-10/h2-6,8H,7,16H2,1H3,(H,18,20). The van der Waals surface area contributed by atoms with Gasteiger partial charge >= 0.3 is 0 Å². The van der Waals surface area contributed by atoms with Crippen LogP contribution >= 0.6 is 11.3 Å². The summed E-state index contributed by atoms with van der Waals surface area (Å²) in [6, 6.07) is 9.49. The van der Waals surface area contributed by atoms with Gasteiger partial charge in [0.15, 0.2) is 5.69 Å². The summed E-state index contributed by atoms with van der Waals surface area (Å²) >= 11 is 1.44. The van der Waals surface area contributed by atoms with Crippen molar-refractivity contribution in [3.8, 4) is 17.0 Å². The highest BCUT2D eigenvalue weighted by molar-refractivity contribution is 7.09. The number of benzene rings is 1. The van der Waals surface area contributed by atoms with Gasteiger partial charge in [0.2, 0.25) is 0 Å². The molecule has 1 amide bonds. The summed E-state index contributed by atoms with van der Waals surface area (Å²) in [5.41, 5.74) is 3.31. The third kappa shape index (κ3) is 3.22. The van der Waals surface area contributed by atoms with E-state index in [0.717, 1.165) is 10.8 Å². The highest BCUT2D eigenvalue weighted by Gasteiger charge is 2.22. The molecule has 0 aliphatic rings. The molecule has 0 saturated carbocycles. The topological polar surface area (TPSA) is 103 Å². The van der Waals surface area contributed by atoms with Crippen molar-refractivity contribution in [2.45, 2.75) is 13.5 Å². The summed E-state index contributed by atoms with van der Waals surface area (Å²) in [5, 5.41) is 6.34. The molecule has 0 spiro atoms. The number of hydrazine groups is 1. The smallest absolute Gasteiger partial charge is 0.288 e. The van der Waals surface area contributed by atoms with Crippen LogP contribution < -0.4 is 16.0 Å². The number of rotatable bonds is 5. The minimum absolute atomic E-state index is 0.117. The average molecular weight is 330 g/mol. The number of hydrogen-bond donors (Lipinski definition) is 2. The van der Waals surface area contributed by atoms with Crippen LogP contribution in [0.5, 0.6) is 5.75 Å². The molecule has 3 rings (SSSR count). The van der Waals surface area contributed by atoms with Crippen molar-refractivity contribution in [2.75, 3.05) is 0 Å². The third-order valence-electron chi connectivity index (χ3n) is 3.12. The molecule has 0 aliphatic carbocycles. The number of thiazole rings is 1. The lowest BCUT2D eigenvalue weighted by Crippen LogP contribution is -2.30. The molecule has 3 N–H and O–H groups in total. The van der Waals surface area contributed by atoms with Gasteiger partial charge in [-0.1, -0.05) is 23.4 Å². The largest absolute Gasteiger partial charge is 0.486 e. The lowest BCUT2D eigenvalue weighted by atomic mass is 10.1. The van der Waals surface area contributed by atoms with Crippen LogP contribution in [0.1, 0.15) is 21.3 Å². The Morgan fingerprint density at radius 1 is 1.39 bits per heavy atom. The summed E-state index contributed by atoms with van der Waals surface area (Å²) < 4.78 is 10.7. The third-order valence-corrected chi connectivity index (χ3v) is 3.94. The number of carbonyl (C=O) groups excluding carboxylic acids is 1. The van der Waals surface area contributed by atoms with Gasteiger partial charge in [0, 0.05) is 5.38 Å². The number of nitrogen functional groups attached to an aromatic ring is 1. The molecule has 2 heterocycles. The zero-order valence-electron chi connectivity index (χ0n) is 12.3. The zero-order chi connectivity index (χ0) is 16.2. The molecule has 0 atom stereocenters. The Balaban J connectivity index is 1.80. The summed E-state index contributed by atoms with van der Waals surface area (Å²) in [7, 11) is 0. The van der Waals surface area contributed by atoms with Gasteiger partial charge in [0.05, 0.1) is 11.3 Å². The van der Waals surface area contributed by atoms with Crippen LogP contribution in [0.3, 0.4) is 0 Å². The van der Waals surface area contributed by atoms with Crippen molar-refractivity contribution < 1.29 is 14.1 Å². The molecule has 0 radical (unpaired) electrons. The number of para-hydroxylation sites is 1. The van der Waals surface area contributed by atoms with Crippen LogP contribution in [0.25, 0.3) is 11.3 Å². The summed E-state index contributed by atoms with van der Waals surface area (Å²) in [5.74, 6) is 5.91. The Labute approximate surface area is 136 Å². The maximum Gasteiger partial charge on any atom is 0.288 e. The van der Waals surface area contributed by atoms with Crippen molar-refractivity contribution in [3.63, 3.8) is 0 Å². The molecule has 8 heteroatoms. The van der Waals surface area contributed by atoms with Gasteiger partial charge in [-0.05, 0) is 19.1 Å². The molecule has 0 unspecified atom stereocenters. The normalized spacial score (nSPS) is 10.5. The number of nitrogens with two attached hydrogens (primary N) is 1. The first kappa shape index (κ1) is 15.2. The molecule has 0 saturated heterocycles. The Kier molecular flexibility index (Phi) is 4.35. The number of carbonyl (C=O) groups is 1. The second-order valence-electron chi connectivity index (χ2n) is 4.66. The molecule has 0 bridgehead atoms. The lowest BCUT2D eigenvalue weighted by molar-refractivity contribution is 0.0945. The van der Waals surface area contributed by atoms with Crippen molar-refractivity contribution in [3.05, 3.63) is 52.2 Å². The second-order valence-corrected chi connectivity index (χ2v) is 5.61. The number of nitrogens with zero attached hydrogens (tertiary/aromatic N) is 2. The highest BCUT2D eigenvalue weighted by Crippen LogP contribution is 2.29. The Bertz CT molecular complexity index is 813. The van der Waals surface area contributed by atoms with E-state index in [2.05, 4.69) is 10.1 Å². The Morgan fingerprint density at radius 2 is 2.17 bits per heavy atom. The van der Waals surface area contributed by atoms with E-state index in [-0.39, 0.29) is 5.69 Å². The van der Waals surface area contributed by atoms with Gasteiger partial charge < -0.3 is 9.26 Å². The molecule has 118 valence electrons.